The minimum Gasteiger partial charge on any atom is -0.497 e. The van der Waals surface area contributed by atoms with Crippen LogP contribution in [0.3, 0.4) is 0 Å². The van der Waals surface area contributed by atoms with Gasteiger partial charge in [0.1, 0.15) is 5.75 Å². The topological polar surface area (TPSA) is 49.9 Å². The number of Topliss-reactive ketones (excluding diaryl/α,β-unsaturated/α-hetero) is 1. The number of carbonyl (C=O) groups excluding carboxylic acids is 2. The predicted octanol–water partition coefficient (Wildman–Crippen LogP) is 3.13. The molecule has 5 nitrogen and oxygen atoms in total. The van der Waals surface area contributed by atoms with Gasteiger partial charge in [-0.3, -0.25) is 9.59 Å². The average molecular weight is 342 g/mol. The zero-order valence-corrected chi connectivity index (χ0v) is 15.6. The van der Waals surface area contributed by atoms with E-state index in [0.29, 0.717) is 12.8 Å². The van der Waals surface area contributed by atoms with Crippen molar-refractivity contribution in [1.29, 1.82) is 0 Å². The lowest BCUT2D eigenvalue weighted by Gasteiger charge is -2.44. The first kappa shape index (κ1) is 17.7. The third-order valence-corrected chi connectivity index (χ3v) is 5.03. The highest BCUT2D eigenvalue weighted by Gasteiger charge is 2.44. The number of hydrazine groups is 1. The van der Waals surface area contributed by atoms with Crippen molar-refractivity contribution in [2.45, 2.75) is 39.0 Å². The Bertz CT molecular complexity index is 732. The van der Waals surface area contributed by atoms with Crippen LogP contribution in [0.5, 0.6) is 5.75 Å². The summed E-state index contributed by atoms with van der Waals surface area (Å²) >= 11 is 0. The van der Waals surface area contributed by atoms with Gasteiger partial charge in [0.15, 0.2) is 5.78 Å². The molecule has 3 rings (SSSR count). The summed E-state index contributed by atoms with van der Waals surface area (Å²) < 4.78 is 5.22. The Kier molecular flexibility index (Phi) is 4.45. The molecule has 134 valence electrons. The minimum absolute atomic E-state index is 0.0371. The highest BCUT2D eigenvalue weighted by molar-refractivity contribution is 6.01. The molecule has 1 amide bonds. The lowest BCUT2D eigenvalue weighted by Crippen LogP contribution is -2.49. The number of hydrogen-bond acceptors (Lipinski definition) is 4. The summed E-state index contributed by atoms with van der Waals surface area (Å²) in [5, 5.41) is 3.48. The number of carbonyl (C=O) groups is 2. The Morgan fingerprint density at radius 3 is 2.32 bits per heavy atom. The number of allylic oxidation sites excluding steroid dienone is 2. The van der Waals surface area contributed by atoms with Crippen molar-refractivity contribution >= 4 is 11.7 Å². The largest absolute Gasteiger partial charge is 0.497 e. The first-order valence-electron chi connectivity index (χ1n) is 8.64. The predicted molar refractivity (Wildman–Crippen MR) is 95.9 cm³/mol. The van der Waals surface area contributed by atoms with Gasteiger partial charge in [0.25, 0.3) is 0 Å². The van der Waals surface area contributed by atoms with E-state index in [9.17, 15) is 9.59 Å². The van der Waals surface area contributed by atoms with Crippen LogP contribution in [0, 0.1) is 5.41 Å². The number of ether oxygens (including phenoxy) is 1. The van der Waals surface area contributed by atoms with E-state index in [4.69, 9.17) is 4.74 Å². The molecule has 1 heterocycles. The second-order valence-electron chi connectivity index (χ2n) is 7.88. The number of ketones is 1. The molecule has 1 aromatic rings. The van der Waals surface area contributed by atoms with Gasteiger partial charge in [-0.1, -0.05) is 26.0 Å². The molecule has 1 atom stereocenters. The van der Waals surface area contributed by atoms with E-state index in [1.165, 1.54) is 0 Å². The fourth-order valence-electron chi connectivity index (χ4n) is 3.99. The van der Waals surface area contributed by atoms with Crippen molar-refractivity contribution < 1.29 is 14.3 Å². The zero-order chi connectivity index (χ0) is 18.4. The smallest absolute Gasteiger partial charge is 0.242 e. The number of amides is 1. The molecule has 0 saturated heterocycles. The Morgan fingerprint density at radius 1 is 1.12 bits per heavy atom. The molecule has 0 N–H and O–H groups in total. The summed E-state index contributed by atoms with van der Waals surface area (Å²) in [6.45, 7) is 4.17. The maximum Gasteiger partial charge on any atom is 0.242 e. The summed E-state index contributed by atoms with van der Waals surface area (Å²) in [7, 11) is 5.33. The molecular formula is C20H26N2O3. The molecule has 1 aliphatic heterocycles. The monoisotopic (exact) mass is 342 g/mol. The van der Waals surface area contributed by atoms with Crippen LogP contribution in [-0.4, -0.2) is 42.9 Å². The first-order valence-corrected chi connectivity index (χ1v) is 8.64. The Balaban J connectivity index is 2.11. The molecule has 0 unspecified atom stereocenters. The highest BCUT2D eigenvalue weighted by Crippen LogP contribution is 2.47. The van der Waals surface area contributed by atoms with Crippen LogP contribution >= 0.6 is 0 Å². The summed E-state index contributed by atoms with van der Waals surface area (Å²) in [5.74, 6) is 0.792. The van der Waals surface area contributed by atoms with Crippen LogP contribution in [0.2, 0.25) is 0 Å². The fraction of sp³-hybridized carbons (Fsp3) is 0.500. The van der Waals surface area contributed by atoms with E-state index in [1.807, 2.05) is 38.4 Å². The fourth-order valence-corrected chi connectivity index (χ4v) is 3.99. The van der Waals surface area contributed by atoms with Crippen molar-refractivity contribution in [3.63, 3.8) is 0 Å². The number of methoxy groups -OCH3 is 1. The Hall–Kier alpha value is -2.14. The zero-order valence-electron chi connectivity index (χ0n) is 15.6. The molecule has 1 aliphatic carbocycles. The van der Waals surface area contributed by atoms with E-state index in [-0.39, 0.29) is 23.0 Å². The van der Waals surface area contributed by atoms with Gasteiger partial charge in [0, 0.05) is 44.1 Å². The highest BCUT2D eigenvalue weighted by atomic mass is 16.5. The Morgan fingerprint density at radius 2 is 1.76 bits per heavy atom. The van der Waals surface area contributed by atoms with Crippen molar-refractivity contribution in [2.24, 2.45) is 5.41 Å². The van der Waals surface area contributed by atoms with Gasteiger partial charge in [-0.15, -0.1) is 0 Å². The summed E-state index contributed by atoms with van der Waals surface area (Å²) in [4.78, 5) is 25.8. The van der Waals surface area contributed by atoms with E-state index in [0.717, 1.165) is 29.0 Å². The molecule has 0 aromatic heterocycles. The SMILES string of the molecule is COc1ccc([C@H]2CC(=O)N(N(C)C)C3=C2C(=O)CC(C)(C)C3)cc1. The molecule has 0 bridgehead atoms. The molecule has 0 fully saturated rings. The van der Waals surface area contributed by atoms with Gasteiger partial charge in [-0.2, -0.15) is 0 Å². The van der Waals surface area contributed by atoms with Crippen molar-refractivity contribution in [2.75, 3.05) is 21.2 Å². The van der Waals surface area contributed by atoms with E-state index in [1.54, 1.807) is 17.1 Å². The van der Waals surface area contributed by atoms with Crippen LogP contribution in [-0.2, 0) is 9.59 Å². The second-order valence-corrected chi connectivity index (χ2v) is 7.88. The van der Waals surface area contributed by atoms with Gasteiger partial charge >= 0.3 is 0 Å². The van der Waals surface area contributed by atoms with Crippen molar-refractivity contribution in [1.82, 2.24) is 10.0 Å². The van der Waals surface area contributed by atoms with Crippen LogP contribution < -0.4 is 4.74 Å². The summed E-state index contributed by atoms with van der Waals surface area (Å²) in [5.41, 5.74) is 2.53. The van der Waals surface area contributed by atoms with Gasteiger partial charge in [-0.05, 0) is 29.5 Å². The molecular weight excluding hydrogens is 316 g/mol. The van der Waals surface area contributed by atoms with Crippen LogP contribution in [0.15, 0.2) is 35.5 Å². The normalized spacial score (nSPS) is 23.1. The van der Waals surface area contributed by atoms with Crippen LogP contribution in [0.25, 0.3) is 0 Å². The third-order valence-electron chi connectivity index (χ3n) is 5.03. The first-order chi connectivity index (χ1) is 11.7. The third kappa shape index (κ3) is 3.21. The molecule has 0 radical (unpaired) electrons. The number of rotatable bonds is 3. The van der Waals surface area contributed by atoms with Gasteiger partial charge in [0.2, 0.25) is 5.91 Å². The van der Waals surface area contributed by atoms with Gasteiger partial charge in [0.05, 0.1) is 7.11 Å². The van der Waals surface area contributed by atoms with Crippen molar-refractivity contribution in [3.05, 3.63) is 41.1 Å². The molecule has 25 heavy (non-hydrogen) atoms. The van der Waals surface area contributed by atoms with Gasteiger partial charge < -0.3 is 4.74 Å². The molecule has 1 aromatic carbocycles. The average Bonchev–Trinajstić information content (AvgIpc) is 2.52. The lowest BCUT2D eigenvalue weighted by molar-refractivity contribution is -0.143. The van der Waals surface area contributed by atoms with Crippen LogP contribution in [0.1, 0.15) is 44.6 Å². The number of nitrogens with zero attached hydrogens (tertiary/aromatic N) is 2. The van der Waals surface area contributed by atoms with E-state index >= 15 is 0 Å². The molecule has 5 heteroatoms. The lowest BCUT2D eigenvalue weighted by atomic mass is 9.69. The van der Waals surface area contributed by atoms with E-state index in [2.05, 4.69) is 13.8 Å². The minimum atomic E-state index is -0.173. The van der Waals surface area contributed by atoms with E-state index < -0.39 is 0 Å². The Labute approximate surface area is 149 Å². The molecule has 2 aliphatic rings. The number of hydrogen-bond donors (Lipinski definition) is 0. The standard InChI is InChI=1S/C20H26N2O3/c1-20(2)11-16-19(17(23)12-20)15(10-18(24)22(16)21(3)4)13-6-8-14(25-5)9-7-13/h6-9,15H,10-12H2,1-5H3/t15-/m1/s1. The maximum absolute atomic E-state index is 13.0. The van der Waals surface area contributed by atoms with Crippen molar-refractivity contribution in [3.8, 4) is 5.75 Å². The van der Waals surface area contributed by atoms with Crippen LogP contribution in [0.4, 0.5) is 0 Å². The quantitative estimate of drug-likeness (QED) is 0.847. The van der Waals surface area contributed by atoms with Gasteiger partial charge in [-0.25, -0.2) is 10.0 Å². The number of benzene rings is 1. The summed E-state index contributed by atoms with van der Waals surface area (Å²) in [6.07, 6.45) is 1.56. The molecule has 0 saturated carbocycles. The molecule has 0 spiro atoms. The maximum atomic E-state index is 13.0. The second kappa shape index (κ2) is 6.30. The summed E-state index contributed by atoms with van der Waals surface area (Å²) in [6, 6.07) is 7.69.